The van der Waals surface area contributed by atoms with Crippen LogP contribution in [0.3, 0.4) is 0 Å². The maximum atomic E-state index is 12.1. The molecule has 2 rings (SSSR count). The van der Waals surface area contributed by atoms with Gasteiger partial charge in [0.1, 0.15) is 4.90 Å². The predicted octanol–water partition coefficient (Wildman–Crippen LogP) is 10.2. The minimum Gasteiger partial charge on any atom is -0.282 e. The Balaban J connectivity index is 1.96. The van der Waals surface area contributed by atoms with Crippen molar-refractivity contribution < 1.29 is 13.0 Å². The summed E-state index contributed by atoms with van der Waals surface area (Å²) in [5.41, 5.74) is 2.46. The molecule has 0 spiro atoms. The van der Waals surface area contributed by atoms with Crippen LogP contribution >= 0.6 is 0 Å². The quantitative estimate of drug-likeness (QED) is 0.133. The number of rotatable bonds is 21. The lowest BCUT2D eigenvalue weighted by Crippen LogP contribution is -2.02. The van der Waals surface area contributed by atoms with Gasteiger partial charge in [-0.3, -0.25) is 4.55 Å². The summed E-state index contributed by atoms with van der Waals surface area (Å²) in [6, 6.07) is 9.50. The van der Waals surface area contributed by atoms with Crippen LogP contribution in [0.4, 0.5) is 0 Å². The minimum absolute atomic E-state index is 0.0438. The molecule has 36 heavy (non-hydrogen) atoms. The zero-order valence-electron chi connectivity index (χ0n) is 23.2. The smallest absolute Gasteiger partial charge is 0.282 e. The number of hydrogen-bond acceptors (Lipinski definition) is 2. The fourth-order valence-electron chi connectivity index (χ4n) is 5.43. The Morgan fingerprint density at radius 3 is 1.42 bits per heavy atom. The van der Waals surface area contributed by atoms with Crippen molar-refractivity contribution in [1.82, 2.24) is 0 Å². The molecule has 0 aliphatic rings. The largest absolute Gasteiger partial charge is 0.295 e. The van der Waals surface area contributed by atoms with E-state index in [2.05, 4.69) is 19.9 Å². The van der Waals surface area contributed by atoms with Gasteiger partial charge in [-0.15, -0.1) is 0 Å². The highest BCUT2D eigenvalue weighted by molar-refractivity contribution is 7.86. The zero-order valence-corrected chi connectivity index (χ0v) is 24.0. The van der Waals surface area contributed by atoms with Gasteiger partial charge in [0.05, 0.1) is 0 Å². The molecule has 3 nitrogen and oxygen atoms in total. The fraction of sp³-hybridized carbons (Fsp3) is 0.688. The average Bonchev–Trinajstić information content (AvgIpc) is 2.86. The molecule has 0 aliphatic carbocycles. The highest BCUT2D eigenvalue weighted by atomic mass is 32.2. The summed E-state index contributed by atoms with van der Waals surface area (Å²) in [6.45, 7) is 4.52. The van der Waals surface area contributed by atoms with E-state index in [1.165, 1.54) is 114 Å². The minimum atomic E-state index is -4.25. The van der Waals surface area contributed by atoms with Gasteiger partial charge in [0.15, 0.2) is 0 Å². The molecule has 0 aromatic heterocycles. The van der Waals surface area contributed by atoms with Crippen molar-refractivity contribution in [3.63, 3.8) is 0 Å². The number of unbranched alkanes of at least 4 members (excludes halogenated alkanes) is 16. The van der Waals surface area contributed by atoms with Gasteiger partial charge in [0.25, 0.3) is 10.1 Å². The van der Waals surface area contributed by atoms with Crippen LogP contribution in [0.2, 0.25) is 0 Å². The molecule has 0 fully saturated rings. The highest BCUT2D eigenvalue weighted by Gasteiger charge is 2.17. The molecule has 204 valence electrons. The molecule has 2 aromatic carbocycles. The molecule has 0 aliphatic heterocycles. The van der Waals surface area contributed by atoms with Gasteiger partial charge >= 0.3 is 0 Å². The first kappa shape index (κ1) is 30.8. The number of hydrogen-bond donors (Lipinski definition) is 1. The Morgan fingerprint density at radius 2 is 0.972 bits per heavy atom. The van der Waals surface area contributed by atoms with Gasteiger partial charge < -0.3 is 0 Å². The third kappa shape index (κ3) is 11.3. The van der Waals surface area contributed by atoms with E-state index in [1.54, 1.807) is 6.07 Å². The second kappa shape index (κ2) is 18.0. The summed E-state index contributed by atoms with van der Waals surface area (Å²) in [4.78, 5) is 0.0438. The summed E-state index contributed by atoms with van der Waals surface area (Å²) in [5, 5.41) is 1.74. The SMILES string of the molecule is CCCCCCCCCCCc1cccc2c(S(=O)(=O)O)ccc(CCCCCCCCCCC)c12. The van der Waals surface area contributed by atoms with E-state index in [-0.39, 0.29) is 4.90 Å². The first-order valence-electron chi connectivity index (χ1n) is 15.0. The van der Waals surface area contributed by atoms with Gasteiger partial charge in [-0.1, -0.05) is 141 Å². The topological polar surface area (TPSA) is 54.4 Å². The van der Waals surface area contributed by atoms with Crippen molar-refractivity contribution in [2.24, 2.45) is 0 Å². The summed E-state index contributed by atoms with van der Waals surface area (Å²) in [5.74, 6) is 0. The van der Waals surface area contributed by atoms with Crippen molar-refractivity contribution in [3.8, 4) is 0 Å². The first-order valence-corrected chi connectivity index (χ1v) is 16.4. The Labute approximate surface area is 222 Å². The lowest BCUT2D eigenvalue weighted by atomic mass is 9.93. The summed E-state index contributed by atoms with van der Waals surface area (Å²) in [6.07, 6.45) is 25.2. The van der Waals surface area contributed by atoms with Crippen LogP contribution in [-0.4, -0.2) is 13.0 Å². The molecule has 0 amide bonds. The van der Waals surface area contributed by atoms with Gasteiger partial charge in [-0.05, 0) is 48.3 Å². The number of aryl methyl sites for hydroxylation is 2. The standard InChI is InChI=1S/C32H52O3S/c1-3-5-7-9-11-13-15-17-19-22-28-24-21-25-30-31(36(33,34)35)27-26-29(32(28)30)23-20-18-16-14-12-10-8-6-4-2/h21,24-27H,3-20,22-23H2,1-2H3,(H,33,34,35). The first-order chi connectivity index (χ1) is 17.5. The van der Waals surface area contributed by atoms with Crippen LogP contribution in [0.15, 0.2) is 35.2 Å². The van der Waals surface area contributed by atoms with Crippen molar-refractivity contribution >= 4 is 20.9 Å². The molecule has 0 heterocycles. The second-order valence-electron chi connectivity index (χ2n) is 10.7. The van der Waals surface area contributed by atoms with E-state index in [9.17, 15) is 13.0 Å². The third-order valence-electron chi connectivity index (χ3n) is 7.55. The maximum Gasteiger partial charge on any atom is 0.295 e. The number of benzene rings is 2. The van der Waals surface area contributed by atoms with Crippen LogP contribution in [0, 0.1) is 0 Å². The van der Waals surface area contributed by atoms with E-state index in [0.717, 1.165) is 31.1 Å². The van der Waals surface area contributed by atoms with Crippen molar-refractivity contribution in [3.05, 3.63) is 41.5 Å². The van der Waals surface area contributed by atoms with Crippen LogP contribution in [0.1, 0.15) is 141 Å². The molecular formula is C32H52O3S. The maximum absolute atomic E-state index is 12.1. The monoisotopic (exact) mass is 516 g/mol. The molecule has 0 radical (unpaired) electrons. The third-order valence-corrected chi connectivity index (χ3v) is 8.46. The van der Waals surface area contributed by atoms with Crippen molar-refractivity contribution in [1.29, 1.82) is 0 Å². The Bertz CT molecular complexity index is 937. The van der Waals surface area contributed by atoms with E-state index >= 15 is 0 Å². The number of fused-ring (bicyclic) bond motifs is 1. The molecule has 1 N–H and O–H groups in total. The molecule has 4 heteroatoms. The molecule has 2 aromatic rings. The Kier molecular flexibility index (Phi) is 15.4. The Morgan fingerprint density at radius 1 is 0.556 bits per heavy atom. The lowest BCUT2D eigenvalue weighted by molar-refractivity contribution is 0.484. The summed E-state index contributed by atoms with van der Waals surface area (Å²) < 4.78 is 34.0. The summed E-state index contributed by atoms with van der Waals surface area (Å²) in [7, 11) is -4.25. The van der Waals surface area contributed by atoms with Crippen LogP contribution in [0.25, 0.3) is 10.8 Å². The van der Waals surface area contributed by atoms with Crippen LogP contribution in [0.5, 0.6) is 0 Å². The lowest BCUT2D eigenvalue weighted by Gasteiger charge is -2.14. The molecule has 0 unspecified atom stereocenters. The van der Waals surface area contributed by atoms with Gasteiger partial charge in [-0.2, -0.15) is 8.42 Å². The average molecular weight is 517 g/mol. The molecule has 0 bridgehead atoms. The van der Waals surface area contributed by atoms with Crippen molar-refractivity contribution in [2.75, 3.05) is 0 Å². The highest BCUT2D eigenvalue weighted by Crippen LogP contribution is 2.31. The van der Waals surface area contributed by atoms with Crippen molar-refractivity contribution in [2.45, 2.75) is 147 Å². The van der Waals surface area contributed by atoms with Gasteiger partial charge in [-0.25, -0.2) is 0 Å². The summed E-state index contributed by atoms with van der Waals surface area (Å²) >= 11 is 0. The van der Waals surface area contributed by atoms with Crippen LogP contribution in [-0.2, 0) is 23.0 Å². The van der Waals surface area contributed by atoms with E-state index in [0.29, 0.717) is 5.39 Å². The predicted molar refractivity (Wildman–Crippen MR) is 156 cm³/mol. The fourth-order valence-corrected chi connectivity index (χ4v) is 6.12. The zero-order chi connectivity index (χ0) is 26.1. The second-order valence-corrected chi connectivity index (χ2v) is 12.1. The van der Waals surface area contributed by atoms with E-state index in [1.807, 2.05) is 18.2 Å². The van der Waals surface area contributed by atoms with Gasteiger partial charge in [0.2, 0.25) is 0 Å². The van der Waals surface area contributed by atoms with Crippen LogP contribution < -0.4 is 0 Å². The van der Waals surface area contributed by atoms with E-state index in [4.69, 9.17) is 0 Å². The Hall–Kier alpha value is -1.39. The molecule has 0 saturated heterocycles. The normalized spacial score (nSPS) is 12.0. The molecule has 0 saturated carbocycles. The van der Waals surface area contributed by atoms with Gasteiger partial charge in [0, 0.05) is 5.39 Å². The van der Waals surface area contributed by atoms with E-state index < -0.39 is 10.1 Å². The molecule has 0 atom stereocenters. The molecular weight excluding hydrogens is 464 g/mol.